The Bertz CT molecular complexity index is 340. The summed E-state index contributed by atoms with van der Waals surface area (Å²) in [5, 5.41) is 0. The smallest absolute Gasteiger partial charge is 0.152 e. The Hall–Kier alpha value is -0.518. The topological polar surface area (TPSA) is 34.1 Å². The van der Waals surface area contributed by atoms with Crippen LogP contribution < -0.4 is 0 Å². The van der Waals surface area contributed by atoms with Crippen molar-refractivity contribution in [1.82, 2.24) is 0 Å². The minimum Gasteiger partial charge on any atom is -0.295 e. The average Bonchev–Trinajstić information content (AvgIpc) is 2.40. The normalized spacial score (nSPS) is 17.8. The molecule has 0 aromatic rings. The zero-order valence-electron chi connectivity index (χ0n) is 13.4. The van der Waals surface area contributed by atoms with E-state index in [0.717, 1.165) is 25.7 Å². The predicted octanol–water partition coefficient (Wildman–Crippen LogP) is 4.93. The van der Waals surface area contributed by atoms with Gasteiger partial charge in [0.15, 0.2) is 11.6 Å². The molecule has 0 heterocycles. The number of carbonyl (C=O) groups is 2. The van der Waals surface area contributed by atoms with Gasteiger partial charge in [-0.25, -0.2) is 0 Å². The summed E-state index contributed by atoms with van der Waals surface area (Å²) in [5.74, 6) is 0.411. The van der Waals surface area contributed by atoms with Crippen molar-refractivity contribution in [2.45, 2.75) is 78.1 Å². The molecule has 2 rings (SSSR count). The van der Waals surface area contributed by atoms with Gasteiger partial charge in [0.25, 0.3) is 0 Å². The first kappa shape index (κ1) is 20.5. The van der Waals surface area contributed by atoms with Crippen LogP contribution >= 0.6 is 0 Å². The summed E-state index contributed by atoms with van der Waals surface area (Å²) in [4.78, 5) is 21.3. The van der Waals surface area contributed by atoms with Crippen LogP contribution in [0.2, 0.25) is 0 Å². The van der Waals surface area contributed by atoms with Gasteiger partial charge in [-0.3, -0.25) is 9.59 Å². The molecule has 0 aliphatic heterocycles. The van der Waals surface area contributed by atoms with E-state index in [1.165, 1.54) is 49.7 Å². The second kappa shape index (κ2) is 12.1. The van der Waals surface area contributed by atoms with Gasteiger partial charge < -0.3 is 0 Å². The first-order chi connectivity index (χ1) is 9.58. The molecular weight excluding hydrogens is 355 g/mol. The molecule has 0 unspecified atom stereocenters. The first-order valence-electron chi connectivity index (χ1n) is 7.98. The monoisotopic (exact) mass is 382 g/mol. The molecule has 0 saturated heterocycles. The number of allylic oxidation sites excluding steroid dienone is 4. The van der Waals surface area contributed by atoms with E-state index in [9.17, 15) is 9.59 Å². The molecule has 0 amide bonds. The van der Waals surface area contributed by atoms with Gasteiger partial charge in [-0.05, 0) is 77.4 Å². The maximum absolute atomic E-state index is 10.6. The molecule has 0 atom stereocenters. The number of rotatable bonds is 2. The third kappa shape index (κ3) is 10.8. The molecule has 2 nitrogen and oxygen atoms in total. The van der Waals surface area contributed by atoms with Gasteiger partial charge in [-0.1, -0.05) is 24.0 Å². The van der Waals surface area contributed by atoms with Crippen LogP contribution in [0.3, 0.4) is 0 Å². The van der Waals surface area contributed by atoms with Crippen molar-refractivity contribution < 1.29 is 30.0 Å². The SMILES string of the molecule is CC(=O)C=C1CCCCC1.CC(=O)C=C1CCCCC1.[Pd]. The van der Waals surface area contributed by atoms with Crippen LogP contribution in [0.25, 0.3) is 0 Å². The van der Waals surface area contributed by atoms with Crippen molar-refractivity contribution in [3.63, 3.8) is 0 Å². The molecule has 0 N–H and O–H groups in total. The Morgan fingerprint density at radius 3 is 1.19 bits per heavy atom. The van der Waals surface area contributed by atoms with Gasteiger partial charge >= 0.3 is 0 Å². The van der Waals surface area contributed by atoms with Crippen LogP contribution in [0.5, 0.6) is 0 Å². The molecule has 0 aromatic heterocycles. The minimum absolute atomic E-state index is 0. The maximum atomic E-state index is 10.6. The number of hydrogen-bond donors (Lipinski definition) is 0. The Labute approximate surface area is 143 Å². The van der Waals surface area contributed by atoms with Gasteiger partial charge in [0, 0.05) is 20.4 Å². The van der Waals surface area contributed by atoms with Gasteiger partial charge in [0.05, 0.1) is 0 Å². The molecule has 2 aliphatic rings. The maximum Gasteiger partial charge on any atom is 0.152 e. The second-order valence-corrected chi connectivity index (χ2v) is 5.95. The molecule has 0 aromatic carbocycles. The van der Waals surface area contributed by atoms with E-state index in [1.807, 2.05) is 0 Å². The van der Waals surface area contributed by atoms with Gasteiger partial charge in [-0.2, -0.15) is 0 Å². The third-order valence-corrected chi connectivity index (χ3v) is 3.81. The number of hydrogen-bond acceptors (Lipinski definition) is 2. The summed E-state index contributed by atoms with van der Waals surface area (Å²) < 4.78 is 0. The Morgan fingerprint density at radius 2 is 0.952 bits per heavy atom. The zero-order valence-corrected chi connectivity index (χ0v) is 14.9. The second-order valence-electron chi connectivity index (χ2n) is 5.95. The van der Waals surface area contributed by atoms with Crippen molar-refractivity contribution in [1.29, 1.82) is 0 Å². The Balaban J connectivity index is 0.000000364. The van der Waals surface area contributed by atoms with Gasteiger partial charge in [0.1, 0.15) is 0 Å². The van der Waals surface area contributed by atoms with Crippen LogP contribution in [0.15, 0.2) is 23.3 Å². The molecule has 2 fully saturated rings. The molecule has 122 valence electrons. The van der Waals surface area contributed by atoms with Crippen LogP contribution in [0, 0.1) is 0 Å². The molecule has 21 heavy (non-hydrogen) atoms. The molecule has 2 aliphatic carbocycles. The van der Waals surface area contributed by atoms with Crippen molar-refractivity contribution in [2.24, 2.45) is 0 Å². The summed E-state index contributed by atoms with van der Waals surface area (Å²) in [6, 6.07) is 0. The quantitative estimate of drug-likeness (QED) is 0.501. The van der Waals surface area contributed by atoms with E-state index in [1.54, 1.807) is 26.0 Å². The van der Waals surface area contributed by atoms with Crippen LogP contribution in [0.4, 0.5) is 0 Å². The summed E-state index contributed by atoms with van der Waals surface area (Å²) >= 11 is 0. The molecule has 3 heteroatoms. The summed E-state index contributed by atoms with van der Waals surface area (Å²) in [5.41, 5.74) is 2.72. The van der Waals surface area contributed by atoms with Crippen LogP contribution in [0.1, 0.15) is 78.1 Å². The van der Waals surface area contributed by atoms with Crippen molar-refractivity contribution in [2.75, 3.05) is 0 Å². The minimum atomic E-state index is 0. The fourth-order valence-electron chi connectivity index (χ4n) is 2.88. The predicted molar refractivity (Wildman–Crippen MR) is 83.7 cm³/mol. The summed E-state index contributed by atoms with van der Waals surface area (Å²) in [6.07, 6.45) is 16.0. The van der Waals surface area contributed by atoms with Crippen molar-refractivity contribution in [3.05, 3.63) is 23.3 Å². The van der Waals surface area contributed by atoms with Crippen molar-refractivity contribution >= 4 is 11.6 Å². The summed E-state index contributed by atoms with van der Waals surface area (Å²) in [6.45, 7) is 3.25. The molecule has 0 bridgehead atoms. The van der Waals surface area contributed by atoms with E-state index in [-0.39, 0.29) is 32.0 Å². The van der Waals surface area contributed by atoms with Crippen LogP contribution in [-0.4, -0.2) is 11.6 Å². The zero-order chi connectivity index (χ0) is 14.8. The van der Waals surface area contributed by atoms with Crippen LogP contribution in [-0.2, 0) is 30.0 Å². The number of ketones is 2. The average molecular weight is 383 g/mol. The molecular formula is C18H28O2Pd. The van der Waals surface area contributed by atoms with Gasteiger partial charge in [0.2, 0.25) is 0 Å². The third-order valence-electron chi connectivity index (χ3n) is 3.81. The fraction of sp³-hybridized carbons (Fsp3) is 0.667. The van der Waals surface area contributed by atoms with Gasteiger partial charge in [-0.15, -0.1) is 0 Å². The standard InChI is InChI=1S/2C9H14O.Pd/c2*1-8(10)7-9-5-3-2-4-6-9;/h2*7H,2-6H2,1H3;. The first-order valence-corrected chi connectivity index (χ1v) is 7.98. The van der Waals surface area contributed by atoms with E-state index in [2.05, 4.69) is 0 Å². The Kier molecular flexibility index (Phi) is 11.8. The summed E-state index contributed by atoms with van der Waals surface area (Å²) in [7, 11) is 0. The van der Waals surface area contributed by atoms with E-state index >= 15 is 0 Å². The fourth-order valence-corrected chi connectivity index (χ4v) is 2.88. The molecule has 0 radical (unpaired) electrons. The molecule has 0 spiro atoms. The van der Waals surface area contributed by atoms with Crippen molar-refractivity contribution in [3.8, 4) is 0 Å². The van der Waals surface area contributed by atoms with E-state index < -0.39 is 0 Å². The van der Waals surface area contributed by atoms with E-state index in [4.69, 9.17) is 0 Å². The molecule has 2 saturated carbocycles. The Morgan fingerprint density at radius 1 is 0.667 bits per heavy atom. The van der Waals surface area contributed by atoms with E-state index in [0.29, 0.717) is 0 Å². The number of carbonyl (C=O) groups excluding carboxylic acids is 2. The largest absolute Gasteiger partial charge is 0.295 e.